The molecule has 6 heteroatoms. The van der Waals surface area contributed by atoms with Crippen LogP contribution >= 0.6 is 0 Å². The van der Waals surface area contributed by atoms with Gasteiger partial charge in [0.15, 0.2) is 0 Å². The third-order valence-electron chi connectivity index (χ3n) is 10.6. The summed E-state index contributed by atoms with van der Waals surface area (Å²) in [6.45, 7) is 6.28. The number of carbonyl (C=O) groups excluding carboxylic acids is 2. The van der Waals surface area contributed by atoms with Gasteiger partial charge >= 0.3 is 5.97 Å². The first-order valence-corrected chi connectivity index (χ1v) is 25.0. The monoisotopic (exact) mass is 848 g/mol. The van der Waals surface area contributed by atoms with Gasteiger partial charge in [-0.2, -0.15) is 0 Å². The van der Waals surface area contributed by atoms with Gasteiger partial charge in [-0.1, -0.05) is 208 Å². The zero-order chi connectivity index (χ0) is 44.5. The largest absolute Gasteiger partial charge is 0.461 e. The van der Waals surface area contributed by atoms with Crippen LogP contribution in [0.5, 0.6) is 0 Å². The van der Waals surface area contributed by atoms with E-state index in [1.54, 1.807) is 0 Å². The molecular weight excluding hydrogens is 755 g/mol. The van der Waals surface area contributed by atoms with Gasteiger partial charge in [-0.15, -0.1) is 0 Å². The third kappa shape index (κ3) is 43.2. The normalized spacial score (nSPS) is 14.1. The number of aliphatic hydroxyl groups is 2. The maximum Gasteiger partial charge on any atom is 0.306 e. The van der Waals surface area contributed by atoms with Crippen LogP contribution in [0.2, 0.25) is 0 Å². The quantitative estimate of drug-likeness (QED) is 0.0323. The Kier molecular flexibility index (Phi) is 45.3. The summed E-state index contributed by atoms with van der Waals surface area (Å²) in [5.74, 6) is -0.614. The molecule has 0 aromatic rings. The number of carbonyl (C=O) groups is 2. The molecule has 3 unspecified atom stereocenters. The van der Waals surface area contributed by atoms with Gasteiger partial charge in [-0.3, -0.25) is 9.59 Å². The third-order valence-corrected chi connectivity index (χ3v) is 10.6. The Morgan fingerprint density at radius 3 is 1.43 bits per heavy atom. The number of nitrogens with one attached hydrogen (secondary N) is 1. The number of esters is 1. The number of aliphatic hydroxyl groups excluding tert-OH is 2. The lowest BCUT2D eigenvalue weighted by atomic mass is 10.0. The number of rotatable bonds is 43. The molecule has 0 aromatic carbocycles. The number of allylic oxidation sites excluding steroid dienone is 15. The molecule has 0 aliphatic heterocycles. The Balaban J connectivity index is 4.79. The molecule has 0 saturated heterocycles. The van der Waals surface area contributed by atoms with Crippen molar-refractivity contribution >= 4 is 11.9 Å². The van der Waals surface area contributed by atoms with Gasteiger partial charge in [-0.25, -0.2) is 0 Å². The minimum Gasteiger partial charge on any atom is -0.461 e. The second-order valence-corrected chi connectivity index (χ2v) is 16.5. The molecule has 0 radical (unpaired) electrons. The summed E-state index contributed by atoms with van der Waals surface area (Å²) < 4.78 is 5.85. The molecule has 0 spiro atoms. The van der Waals surface area contributed by atoms with E-state index >= 15 is 0 Å². The van der Waals surface area contributed by atoms with E-state index in [1.807, 2.05) is 12.2 Å². The van der Waals surface area contributed by atoms with Gasteiger partial charge in [-0.05, 0) is 83.5 Å². The number of hydrogen-bond acceptors (Lipinski definition) is 5. The summed E-state index contributed by atoms with van der Waals surface area (Å²) in [5.41, 5.74) is 0. The minimum atomic E-state index is -0.820. The first-order chi connectivity index (χ1) is 30.0. The lowest BCUT2D eigenvalue weighted by Gasteiger charge is -2.24. The Morgan fingerprint density at radius 1 is 0.508 bits per heavy atom. The van der Waals surface area contributed by atoms with E-state index in [0.717, 1.165) is 96.3 Å². The molecule has 0 aromatic heterocycles. The van der Waals surface area contributed by atoms with Crippen molar-refractivity contribution in [3.05, 3.63) is 97.2 Å². The Morgan fingerprint density at radius 2 is 0.918 bits per heavy atom. The van der Waals surface area contributed by atoms with Crippen LogP contribution in [0, 0.1) is 0 Å². The van der Waals surface area contributed by atoms with Gasteiger partial charge in [0.2, 0.25) is 5.91 Å². The number of ether oxygens (including phenoxy) is 1. The van der Waals surface area contributed by atoms with Gasteiger partial charge in [0.05, 0.1) is 25.2 Å². The maximum absolute atomic E-state index is 13.2. The van der Waals surface area contributed by atoms with E-state index < -0.39 is 18.2 Å². The Labute approximate surface area is 376 Å². The highest BCUT2D eigenvalue weighted by Gasteiger charge is 2.23. The standard InChI is InChI=1S/C55H93NO5/c1-4-7-10-13-16-19-22-24-26-27-29-31-33-36-39-42-45-48-55(60)61-51(46-43-40-37-34-32-30-28-25-23-20-17-14-11-8-5-2)49-54(59)56-52(50-57)53(58)47-44-41-38-35-21-18-15-12-9-6-3/h8,11,16-17,19-20,24-26,28-29,31-32,34,40,43,51-53,57-58H,4-7,9-10,12-15,18,21-23,27,30,33,35-39,41-42,44-50H2,1-3H3,(H,56,59)/b11-8-,19-16-,20-17-,26-24-,28-25-,31-29-,34-32-,43-40-. The molecule has 0 fully saturated rings. The topological polar surface area (TPSA) is 95.9 Å². The molecule has 0 heterocycles. The molecule has 0 saturated carbocycles. The second-order valence-electron chi connectivity index (χ2n) is 16.5. The number of unbranched alkanes of at least 4 members (excludes halogenated alkanes) is 16. The molecule has 0 bridgehead atoms. The fourth-order valence-corrected chi connectivity index (χ4v) is 6.87. The highest BCUT2D eigenvalue weighted by Crippen LogP contribution is 2.15. The highest BCUT2D eigenvalue weighted by molar-refractivity contribution is 5.77. The van der Waals surface area contributed by atoms with Crippen molar-refractivity contribution in [3.63, 3.8) is 0 Å². The van der Waals surface area contributed by atoms with Crippen LogP contribution in [0.15, 0.2) is 97.2 Å². The minimum absolute atomic E-state index is 0.0151. The van der Waals surface area contributed by atoms with E-state index in [0.29, 0.717) is 19.3 Å². The van der Waals surface area contributed by atoms with Crippen LogP contribution in [0.25, 0.3) is 0 Å². The van der Waals surface area contributed by atoms with Crippen molar-refractivity contribution in [2.75, 3.05) is 6.61 Å². The fraction of sp³-hybridized carbons (Fsp3) is 0.673. The maximum atomic E-state index is 13.2. The highest BCUT2D eigenvalue weighted by atomic mass is 16.5. The van der Waals surface area contributed by atoms with E-state index in [1.165, 1.54) is 70.6 Å². The van der Waals surface area contributed by atoms with Crippen LogP contribution in [0.3, 0.4) is 0 Å². The molecular formula is C55H93NO5. The Bertz CT molecular complexity index is 1220. The van der Waals surface area contributed by atoms with Gasteiger partial charge < -0.3 is 20.3 Å². The molecule has 61 heavy (non-hydrogen) atoms. The SMILES string of the molecule is CC/C=C\C/C=C\C/C=C\C/C=C\C/C=C\CC(CC(=O)NC(CO)C(O)CCCCCCCCCCCC)OC(=O)CCCCCC/C=C\C/C=C\C/C=C\CCCCC. The second kappa shape index (κ2) is 47.8. The molecule has 0 aliphatic rings. The smallest absolute Gasteiger partial charge is 0.306 e. The zero-order valence-corrected chi connectivity index (χ0v) is 39.5. The van der Waals surface area contributed by atoms with Crippen LogP contribution in [0.1, 0.15) is 213 Å². The molecule has 3 atom stereocenters. The predicted octanol–water partition coefficient (Wildman–Crippen LogP) is 14.9. The summed E-state index contributed by atoms with van der Waals surface area (Å²) in [6.07, 6.45) is 63.4. The number of amides is 1. The molecule has 348 valence electrons. The Hall–Kier alpha value is -3.22. The average molecular weight is 848 g/mol. The number of hydrogen-bond donors (Lipinski definition) is 3. The summed E-state index contributed by atoms with van der Waals surface area (Å²) in [4.78, 5) is 26.1. The van der Waals surface area contributed by atoms with E-state index in [4.69, 9.17) is 4.74 Å². The van der Waals surface area contributed by atoms with Crippen LogP contribution < -0.4 is 5.32 Å². The van der Waals surface area contributed by atoms with E-state index in [-0.39, 0.29) is 24.9 Å². The molecule has 6 nitrogen and oxygen atoms in total. The summed E-state index contributed by atoms with van der Waals surface area (Å²) >= 11 is 0. The molecule has 3 N–H and O–H groups in total. The molecule has 0 rings (SSSR count). The average Bonchev–Trinajstić information content (AvgIpc) is 3.25. The lowest BCUT2D eigenvalue weighted by molar-refractivity contribution is -0.150. The van der Waals surface area contributed by atoms with Crippen molar-refractivity contribution in [2.45, 2.75) is 232 Å². The van der Waals surface area contributed by atoms with Crippen LogP contribution in [-0.4, -0.2) is 46.9 Å². The fourth-order valence-electron chi connectivity index (χ4n) is 6.87. The van der Waals surface area contributed by atoms with Crippen molar-refractivity contribution < 1.29 is 24.5 Å². The van der Waals surface area contributed by atoms with Crippen LogP contribution in [0.4, 0.5) is 0 Å². The molecule has 0 aliphatic carbocycles. The first-order valence-electron chi connectivity index (χ1n) is 25.0. The zero-order valence-electron chi connectivity index (χ0n) is 39.5. The lowest BCUT2D eigenvalue weighted by Crippen LogP contribution is -2.46. The van der Waals surface area contributed by atoms with Gasteiger partial charge in [0.1, 0.15) is 6.10 Å². The predicted molar refractivity (Wildman–Crippen MR) is 264 cm³/mol. The van der Waals surface area contributed by atoms with Crippen molar-refractivity contribution in [2.24, 2.45) is 0 Å². The van der Waals surface area contributed by atoms with Gasteiger partial charge in [0.25, 0.3) is 0 Å². The van der Waals surface area contributed by atoms with Gasteiger partial charge in [0, 0.05) is 12.8 Å². The first kappa shape index (κ1) is 57.8. The van der Waals surface area contributed by atoms with Crippen LogP contribution in [-0.2, 0) is 14.3 Å². The van der Waals surface area contributed by atoms with E-state index in [9.17, 15) is 19.8 Å². The summed E-state index contributed by atoms with van der Waals surface area (Å²) in [5, 5.41) is 23.6. The van der Waals surface area contributed by atoms with Crippen molar-refractivity contribution in [3.8, 4) is 0 Å². The summed E-state index contributed by atoms with van der Waals surface area (Å²) in [7, 11) is 0. The molecule has 1 amide bonds. The van der Waals surface area contributed by atoms with Crippen molar-refractivity contribution in [1.29, 1.82) is 0 Å². The van der Waals surface area contributed by atoms with Crippen molar-refractivity contribution in [1.82, 2.24) is 5.32 Å². The van der Waals surface area contributed by atoms with E-state index in [2.05, 4.69) is 111 Å². The summed E-state index contributed by atoms with van der Waals surface area (Å²) in [6, 6.07) is -0.741.